The van der Waals surface area contributed by atoms with E-state index in [1.165, 1.54) is 6.08 Å². The molecule has 0 amide bonds. The van der Waals surface area contributed by atoms with Gasteiger partial charge >= 0.3 is 17.9 Å². The van der Waals surface area contributed by atoms with Crippen LogP contribution in [0.5, 0.6) is 5.75 Å². The largest absolute Gasteiger partial charge is 0.489 e. The quantitative estimate of drug-likeness (QED) is 0.128. The topological polar surface area (TPSA) is 110 Å². The maximum atomic E-state index is 13.5. The van der Waals surface area contributed by atoms with Crippen LogP contribution in [0.3, 0.4) is 0 Å². The van der Waals surface area contributed by atoms with Crippen molar-refractivity contribution >= 4 is 29.7 Å². The minimum absolute atomic E-state index is 0.0808. The third kappa shape index (κ3) is 10.1. The van der Waals surface area contributed by atoms with Crippen molar-refractivity contribution < 1.29 is 38.2 Å². The lowest BCUT2D eigenvalue weighted by Gasteiger charge is -2.29. The Morgan fingerprint density at radius 2 is 1.43 bits per heavy atom. The molecular formula is C37H41NO8. The third-order valence-electron chi connectivity index (χ3n) is 6.61. The van der Waals surface area contributed by atoms with Gasteiger partial charge in [-0.3, -0.25) is 4.79 Å². The lowest BCUT2D eigenvalue weighted by Crippen LogP contribution is -2.46. The second kappa shape index (κ2) is 14.5. The molecule has 1 heterocycles. The van der Waals surface area contributed by atoms with E-state index in [1.54, 1.807) is 65.8 Å². The van der Waals surface area contributed by atoms with Crippen molar-refractivity contribution in [2.75, 3.05) is 0 Å². The molecule has 0 aromatic heterocycles. The van der Waals surface area contributed by atoms with Crippen LogP contribution in [0.4, 0.5) is 0 Å². The van der Waals surface area contributed by atoms with Gasteiger partial charge in [-0.25, -0.2) is 9.59 Å². The number of hydrogen-bond donors (Lipinski definition) is 0. The summed E-state index contributed by atoms with van der Waals surface area (Å²) < 4.78 is 22.7. The summed E-state index contributed by atoms with van der Waals surface area (Å²) in [6.07, 6.45) is 2.44. The third-order valence-corrected chi connectivity index (χ3v) is 6.61. The Kier molecular flexibility index (Phi) is 10.7. The van der Waals surface area contributed by atoms with Gasteiger partial charge in [-0.2, -0.15) is 0 Å². The fourth-order valence-electron chi connectivity index (χ4n) is 4.58. The number of benzene rings is 3. The maximum absolute atomic E-state index is 13.5. The molecule has 1 unspecified atom stereocenters. The van der Waals surface area contributed by atoms with Gasteiger partial charge in [-0.1, -0.05) is 71.9 Å². The Morgan fingerprint density at radius 1 is 0.826 bits per heavy atom. The van der Waals surface area contributed by atoms with E-state index >= 15 is 0 Å². The first-order chi connectivity index (χ1) is 21.7. The van der Waals surface area contributed by atoms with E-state index < -0.39 is 41.1 Å². The van der Waals surface area contributed by atoms with Crippen LogP contribution >= 0.6 is 0 Å². The van der Waals surface area contributed by atoms with Crippen molar-refractivity contribution in [1.82, 2.24) is 0 Å². The molecule has 3 aromatic rings. The molecule has 1 aliphatic heterocycles. The van der Waals surface area contributed by atoms with Gasteiger partial charge < -0.3 is 23.8 Å². The summed E-state index contributed by atoms with van der Waals surface area (Å²) in [6.45, 7) is 10.9. The first-order valence-corrected chi connectivity index (χ1v) is 15.1. The minimum Gasteiger partial charge on any atom is -0.489 e. The summed E-state index contributed by atoms with van der Waals surface area (Å²) in [5.41, 5.74) is 0.00636. The van der Waals surface area contributed by atoms with E-state index in [2.05, 4.69) is 5.16 Å². The zero-order chi connectivity index (χ0) is 33.4. The van der Waals surface area contributed by atoms with E-state index in [0.29, 0.717) is 29.2 Å². The van der Waals surface area contributed by atoms with Crippen molar-refractivity contribution in [3.63, 3.8) is 0 Å². The molecule has 0 N–H and O–H groups in total. The highest BCUT2D eigenvalue weighted by atomic mass is 16.7. The molecule has 242 valence electrons. The summed E-state index contributed by atoms with van der Waals surface area (Å²) >= 11 is 0. The highest BCUT2D eigenvalue weighted by Crippen LogP contribution is 2.36. The second-order valence-corrected chi connectivity index (χ2v) is 13.0. The van der Waals surface area contributed by atoms with Gasteiger partial charge in [0, 0.05) is 18.1 Å². The predicted octanol–water partition coefficient (Wildman–Crippen LogP) is 6.96. The van der Waals surface area contributed by atoms with E-state index in [1.807, 2.05) is 60.7 Å². The summed E-state index contributed by atoms with van der Waals surface area (Å²) in [5, 5.41) is 4.29. The zero-order valence-corrected chi connectivity index (χ0v) is 27.2. The Balaban J connectivity index is 1.62. The molecule has 0 saturated carbocycles. The minimum atomic E-state index is -1.75. The maximum Gasteiger partial charge on any atom is 0.354 e. The number of carbonyl (C=O) groups is 3. The van der Waals surface area contributed by atoms with Crippen LogP contribution < -0.4 is 4.74 Å². The molecule has 9 heteroatoms. The molecule has 3 aromatic carbocycles. The average Bonchev–Trinajstić information content (AvgIpc) is 3.42. The van der Waals surface area contributed by atoms with Crippen LogP contribution in [-0.2, 0) is 46.6 Å². The molecular weight excluding hydrogens is 586 g/mol. The van der Waals surface area contributed by atoms with Crippen molar-refractivity contribution in [3.05, 3.63) is 107 Å². The molecule has 1 aliphatic rings. The Hall–Kier alpha value is -4.92. The Bertz CT molecular complexity index is 1580. The van der Waals surface area contributed by atoms with Gasteiger partial charge in [0.1, 0.15) is 30.2 Å². The molecule has 4 rings (SSSR count). The normalized spacial score (nSPS) is 16.3. The molecule has 0 bridgehead atoms. The molecule has 1 atom stereocenters. The van der Waals surface area contributed by atoms with Crippen molar-refractivity contribution in [2.45, 2.75) is 84.4 Å². The van der Waals surface area contributed by atoms with Crippen LogP contribution in [-0.4, -0.2) is 40.4 Å². The van der Waals surface area contributed by atoms with Gasteiger partial charge in [0.15, 0.2) is 0 Å². The van der Waals surface area contributed by atoms with Crippen LogP contribution in [0.1, 0.15) is 76.6 Å². The first kappa shape index (κ1) is 34.0. The van der Waals surface area contributed by atoms with Crippen molar-refractivity contribution in [2.24, 2.45) is 5.16 Å². The highest BCUT2D eigenvalue weighted by molar-refractivity contribution is 6.08. The van der Waals surface area contributed by atoms with Crippen LogP contribution in [0.25, 0.3) is 6.08 Å². The molecule has 0 fully saturated rings. The molecule has 0 saturated heterocycles. The highest BCUT2D eigenvalue weighted by Gasteiger charge is 2.52. The number of ether oxygens (including phenoxy) is 4. The monoisotopic (exact) mass is 627 g/mol. The predicted molar refractivity (Wildman–Crippen MR) is 174 cm³/mol. The number of rotatable bonds is 11. The van der Waals surface area contributed by atoms with E-state index in [4.69, 9.17) is 23.8 Å². The summed E-state index contributed by atoms with van der Waals surface area (Å²) in [7, 11) is 0. The van der Waals surface area contributed by atoms with Crippen LogP contribution in [0.2, 0.25) is 0 Å². The van der Waals surface area contributed by atoms with Crippen LogP contribution in [0, 0.1) is 0 Å². The molecule has 46 heavy (non-hydrogen) atoms. The fraction of sp³-hybridized carbons (Fsp3) is 0.351. The Labute approximate surface area is 270 Å². The SMILES string of the molecule is CC(C)(C)OC(=O)CC1(C(=O)OC(C)(C)C)CC(c2cc(OCc3ccccc3)ccc2/C=C/C(=O)OCc2ccccc2)=NO1. The van der Waals surface area contributed by atoms with Crippen molar-refractivity contribution in [3.8, 4) is 5.75 Å². The average molecular weight is 628 g/mol. The van der Waals surface area contributed by atoms with E-state index in [9.17, 15) is 14.4 Å². The number of carbonyl (C=O) groups excluding carboxylic acids is 3. The molecule has 0 aliphatic carbocycles. The summed E-state index contributed by atoms with van der Waals surface area (Å²) in [4.78, 5) is 44.9. The number of hydrogen-bond acceptors (Lipinski definition) is 9. The molecule has 0 radical (unpaired) electrons. The zero-order valence-electron chi connectivity index (χ0n) is 27.2. The number of esters is 3. The van der Waals surface area contributed by atoms with Gasteiger partial charge in [-0.15, -0.1) is 0 Å². The van der Waals surface area contributed by atoms with Gasteiger partial charge in [-0.05, 0) is 76.4 Å². The number of nitrogens with zero attached hydrogens (tertiary/aromatic N) is 1. The lowest BCUT2D eigenvalue weighted by atomic mass is 9.89. The fourth-order valence-corrected chi connectivity index (χ4v) is 4.58. The smallest absolute Gasteiger partial charge is 0.354 e. The first-order valence-electron chi connectivity index (χ1n) is 15.1. The van der Waals surface area contributed by atoms with Crippen LogP contribution in [0.15, 0.2) is 90.1 Å². The second-order valence-electron chi connectivity index (χ2n) is 13.0. The van der Waals surface area contributed by atoms with E-state index in [-0.39, 0.29) is 13.0 Å². The van der Waals surface area contributed by atoms with Gasteiger partial charge in [0.2, 0.25) is 5.60 Å². The lowest BCUT2D eigenvalue weighted by molar-refractivity contribution is -0.188. The molecule has 9 nitrogen and oxygen atoms in total. The van der Waals surface area contributed by atoms with Gasteiger partial charge in [0.25, 0.3) is 0 Å². The summed E-state index contributed by atoms with van der Waals surface area (Å²) in [5.74, 6) is -1.36. The Morgan fingerprint density at radius 3 is 2.04 bits per heavy atom. The van der Waals surface area contributed by atoms with Crippen molar-refractivity contribution in [1.29, 1.82) is 0 Å². The number of oxime groups is 1. The standard InChI is InChI=1S/C37H41NO8/c1-35(2,3)44-33(40)23-37(34(41)45-36(4,5)6)22-31(38-46-37)30-21-29(42-24-26-13-9-7-10-14-26)19-17-28(30)18-20-32(39)43-25-27-15-11-8-12-16-27/h7-21H,22-25H2,1-6H3/b20-18+. The summed E-state index contributed by atoms with van der Waals surface area (Å²) in [6, 6.07) is 24.4. The van der Waals surface area contributed by atoms with Gasteiger partial charge in [0.05, 0.1) is 12.1 Å². The molecule has 0 spiro atoms. The van der Waals surface area contributed by atoms with E-state index in [0.717, 1.165) is 11.1 Å².